The van der Waals surface area contributed by atoms with E-state index in [9.17, 15) is 9.59 Å². The van der Waals surface area contributed by atoms with Crippen LogP contribution in [0.3, 0.4) is 0 Å². The second kappa shape index (κ2) is 61.2. The number of ether oxygens (including phenoxy) is 3. The molecule has 0 aliphatic heterocycles. The minimum atomic E-state index is -0.555. The number of carbonyl (C=O) groups excluding carboxylic acids is 2. The molecule has 0 bridgehead atoms. The Kier molecular flexibility index (Phi) is 59.3. The largest absolute Gasteiger partial charge is 0.462 e. The molecule has 0 aliphatic carbocycles. The molecule has 0 aliphatic rings. The molecule has 0 aromatic carbocycles. The zero-order chi connectivity index (χ0) is 50.6. The molecule has 5 heteroatoms. The van der Waals surface area contributed by atoms with Crippen LogP contribution in [-0.2, 0) is 23.8 Å². The Bertz CT molecular complexity index is 1150. The van der Waals surface area contributed by atoms with Crippen LogP contribution >= 0.6 is 0 Å². The maximum absolute atomic E-state index is 12.9. The van der Waals surface area contributed by atoms with Crippen LogP contribution in [0.4, 0.5) is 0 Å². The molecular formula is C65H120O5. The predicted octanol–water partition coefficient (Wildman–Crippen LogP) is 21.5. The molecule has 0 amide bonds. The summed E-state index contributed by atoms with van der Waals surface area (Å²) in [7, 11) is 0. The van der Waals surface area contributed by atoms with E-state index in [1.165, 1.54) is 225 Å². The summed E-state index contributed by atoms with van der Waals surface area (Å²) in [6.45, 7) is 7.75. The molecule has 1 unspecified atom stereocenters. The molecular weight excluding hydrogens is 861 g/mol. The van der Waals surface area contributed by atoms with Gasteiger partial charge in [0.2, 0.25) is 0 Å². The maximum Gasteiger partial charge on any atom is 0.306 e. The summed E-state index contributed by atoms with van der Waals surface area (Å²) in [4.78, 5) is 25.6. The van der Waals surface area contributed by atoms with E-state index >= 15 is 0 Å². The van der Waals surface area contributed by atoms with Crippen LogP contribution in [0.25, 0.3) is 0 Å². The van der Waals surface area contributed by atoms with Crippen molar-refractivity contribution in [2.45, 2.75) is 335 Å². The van der Waals surface area contributed by atoms with Gasteiger partial charge in [0.25, 0.3) is 0 Å². The topological polar surface area (TPSA) is 61.8 Å². The predicted molar refractivity (Wildman–Crippen MR) is 307 cm³/mol. The molecule has 0 saturated carbocycles. The van der Waals surface area contributed by atoms with Gasteiger partial charge in [0.1, 0.15) is 6.61 Å². The van der Waals surface area contributed by atoms with Gasteiger partial charge in [-0.1, -0.05) is 307 Å². The number of unbranched alkanes of at least 4 members (excludes halogenated alkanes) is 39. The van der Waals surface area contributed by atoms with Crippen molar-refractivity contribution in [1.82, 2.24) is 0 Å². The molecule has 0 radical (unpaired) electrons. The minimum Gasteiger partial charge on any atom is -0.462 e. The molecule has 0 fully saturated rings. The van der Waals surface area contributed by atoms with E-state index in [-0.39, 0.29) is 25.2 Å². The van der Waals surface area contributed by atoms with Gasteiger partial charge in [0.05, 0.1) is 6.61 Å². The van der Waals surface area contributed by atoms with Crippen molar-refractivity contribution >= 4 is 11.9 Å². The zero-order valence-corrected chi connectivity index (χ0v) is 47.3. The Hall–Kier alpha value is -2.14. The normalized spacial score (nSPS) is 12.4. The van der Waals surface area contributed by atoms with Crippen molar-refractivity contribution < 1.29 is 23.8 Å². The van der Waals surface area contributed by atoms with Crippen LogP contribution in [0.15, 0.2) is 48.6 Å². The van der Waals surface area contributed by atoms with Crippen LogP contribution in [0.2, 0.25) is 0 Å². The number of hydrogen-bond acceptors (Lipinski definition) is 5. The Morgan fingerprint density at radius 1 is 0.329 bits per heavy atom. The molecule has 0 aromatic rings. The van der Waals surface area contributed by atoms with Gasteiger partial charge in [0, 0.05) is 19.4 Å². The van der Waals surface area contributed by atoms with Gasteiger partial charge in [-0.05, 0) is 57.8 Å². The molecule has 0 N–H and O–H groups in total. The lowest BCUT2D eigenvalue weighted by molar-refractivity contribution is -0.163. The smallest absolute Gasteiger partial charge is 0.306 e. The monoisotopic (exact) mass is 981 g/mol. The summed E-state index contributed by atoms with van der Waals surface area (Å²) >= 11 is 0. The van der Waals surface area contributed by atoms with Gasteiger partial charge in [0.15, 0.2) is 6.10 Å². The van der Waals surface area contributed by atoms with E-state index in [4.69, 9.17) is 14.2 Å². The highest BCUT2D eigenvalue weighted by molar-refractivity contribution is 5.70. The molecule has 0 aromatic heterocycles. The minimum absolute atomic E-state index is 0.0743. The van der Waals surface area contributed by atoms with Crippen molar-refractivity contribution in [3.63, 3.8) is 0 Å². The fraction of sp³-hybridized carbons (Fsp3) is 0.846. The molecule has 410 valence electrons. The summed E-state index contributed by atoms with van der Waals surface area (Å²) in [5.41, 5.74) is 0. The van der Waals surface area contributed by atoms with Crippen molar-refractivity contribution in [2.75, 3.05) is 19.8 Å². The van der Waals surface area contributed by atoms with E-state index in [1.807, 2.05) is 0 Å². The Balaban J connectivity index is 4.24. The average molecular weight is 982 g/mol. The number of carbonyl (C=O) groups is 2. The first kappa shape index (κ1) is 67.9. The van der Waals surface area contributed by atoms with Crippen LogP contribution in [0.5, 0.6) is 0 Å². The quantitative estimate of drug-likeness (QED) is 0.0345. The van der Waals surface area contributed by atoms with E-state index in [0.717, 1.165) is 70.6 Å². The van der Waals surface area contributed by atoms with Crippen molar-refractivity contribution in [3.8, 4) is 0 Å². The highest BCUT2D eigenvalue weighted by Gasteiger charge is 2.17. The van der Waals surface area contributed by atoms with Gasteiger partial charge >= 0.3 is 11.9 Å². The first-order valence-corrected chi connectivity index (χ1v) is 31.2. The van der Waals surface area contributed by atoms with Crippen molar-refractivity contribution in [3.05, 3.63) is 48.6 Å². The SMILES string of the molecule is CC/C=C\C/C=C\C/C=C\C/C=C\CCCCC(=O)OC(COCCCCCCCCCCCCCCCCCCCCCC)COC(=O)CCCCCCCCCCCCCCCCCCCCC. The van der Waals surface area contributed by atoms with Gasteiger partial charge < -0.3 is 14.2 Å². The van der Waals surface area contributed by atoms with Crippen LogP contribution in [0.1, 0.15) is 329 Å². The molecule has 70 heavy (non-hydrogen) atoms. The second-order valence-electron chi connectivity index (χ2n) is 20.9. The third-order valence-corrected chi connectivity index (χ3v) is 13.9. The zero-order valence-electron chi connectivity index (χ0n) is 47.3. The third kappa shape index (κ3) is 58.4. The molecule has 0 spiro atoms. The molecule has 0 heterocycles. The number of esters is 2. The van der Waals surface area contributed by atoms with Crippen LogP contribution in [-0.4, -0.2) is 37.9 Å². The van der Waals surface area contributed by atoms with Gasteiger partial charge in [-0.3, -0.25) is 9.59 Å². The molecule has 0 saturated heterocycles. The Labute approximate surface area is 437 Å². The van der Waals surface area contributed by atoms with Crippen LogP contribution < -0.4 is 0 Å². The third-order valence-electron chi connectivity index (χ3n) is 13.9. The standard InChI is InChI=1S/C65H120O5/c1-4-7-10-13-16-19-22-25-28-30-32-34-36-39-42-45-48-51-54-57-60-68-61-63(70-65(67)59-56-53-50-47-44-41-37-27-24-21-18-15-12-9-6-3)62-69-64(66)58-55-52-49-46-43-40-38-35-33-31-29-26-23-20-17-14-11-8-5-2/h9,12,18,21,27,37,44,47,63H,4-8,10-11,13-17,19-20,22-26,28-36,38-43,45-46,48-62H2,1-3H3/b12-9-,21-18-,37-27-,47-44-. The van der Waals surface area contributed by atoms with Gasteiger partial charge in [-0.2, -0.15) is 0 Å². The lowest BCUT2D eigenvalue weighted by atomic mass is 10.0. The molecule has 0 rings (SSSR count). The van der Waals surface area contributed by atoms with Gasteiger partial charge in [-0.25, -0.2) is 0 Å². The number of hydrogen-bond donors (Lipinski definition) is 0. The fourth-order valence-electron chi connectivity index (χ4n) is 9.27. The highest BCUT2D eigenvalue weighted by Crippen LogP contribution is 2.17. The summed E-state index contributed by atoms with van der Waals surface area (Å²) in [5.74, 6) is -0.424. The Morgan fingerprint density at radius 3 is 1.03 bits per heavy atom. The van der Waals surface area contributed by atoms with Crippen molar-refractivity contribution in [2.24, 2.45) is 0 Å². The first-order valence-electron chi connectivity index (χ1n) is 31.2. The average Bonchev–Trinajstić information content (AvgIpc) is 3.36. The summed E-state index contributed by atoms with van der Waals surface area (Å²) in [6, 6.07) is 0. The van der Waals surface area contributed by atoms with E-state index < -0.39 is 6.10 Å². The second-order valence-corrected chi connectivity index (χ2v) is 20.9. The molecule has 1 atom stereocenters. The summed E-state index contributed by atoms with van der Waals surface area (Å²) < 4.78 is 17.5. The number of allylic oxidation sites excluding steroid dienone is 8. The highest BCUT2D eigenvalue weighted by atomic mass is 16.6. The lowest BCUT2D eigenvalue weighted by Crippen LogP contribution is -2.30. The summed E-state index contributed by atoms with van der Waals surface area (Å²) in [5, 5.41) is 0. The van der Waals surface area contributed by atoms with Gasteiger partial charge in [-0.15, -0.1) is 0 Å². The van der Waals surface area contributed by atoms with E-state index in [1.54, 1.807) is 0 Å². The Morgan fingerprint density at radius 2 is 0.643 bits per heavy atom. The fourth-order valence-corrected chi connectivity index (χ4v) is 9.27. The van der Waals surface area contributed by atoms with E-state index in [0.29, 0.717) is 19.4 Å². The number of rotatable bonds is 58. The maximum atomic E-state index is 12.9. The van der Waals surface area contributed by atoms with Crippen molar-refractivity contribution in [1.29, 1.82) is 0 Å². The lowest BCUT2D eigenvalue weighted by Gasteiger charge is -2.18. The van der Waals surface area contributed by atoms with Crippen LogP contribution in [0, 0.1) is 0 Å². The van der Waals surface area contributed by atoms with E-state index in [2.05, 4.69) is 69.4 Å². The first-order chi connectivity index (χ1) is 34.6. The summed E-state index contributed by atoms with van der Waals surface area (Å²) in [6.07, 6.45) is 77.3. The molecule has 5 nitrogen and oxygen atoms in total.